The van der Waals surface area contributed by atoms with E-state index in [-0.39, 0.29) is 18.9 Å². The van der Waals surface area contributed by atoms with Crippen molar-refractivity contribution in [1.82, 2.24) is 5.32 Å². The predicted octanol–water partition coefficient (Wildman–Crippen LogP) is 3.25. The molecule has 1 aliphatic carbocycles. The highest BCUT2D eigenvalue weighted by Crippen LogP contribution is 2.41. The lowest BCUT2D eigenvalue weighted by Crippen LogP contribution is -2.59. The Balaban J connectivity index is 2.77. The van der Waals surface area contributed by atoms with Gasteiger partial charge in [-0.15, -0.1) is 0 Å². The lowest BCUT2D eigenvalue weighted by Gasteiger charge is -2.41. The van der Waals surface area contributed by atoms with Gasteiger partial charge < -0.3 is 5.32 Å². The second kappa shape index (κ2) is 4.09. The van der Waals surface area contributed by atoms with E-state index >= 15 is 0 Å². The average molecular weight is 209 g/mol. The first kappa shape index (κ1) is 11.8. The Labute approximate surface area is 83.1 Å². The number of hydrogen-bond donors (Lipinski definition) is 1. The van der Waals surface area contributed by atoms with Crippen molar-refractivity contribution in [2.45, 2.75) is 63.7 Å². The molecular formula is C10H18F3N. The van der Waals surface area contributed by atoms with Crippen LogP contribution in [0.2, 0.25) is 0 Å². The molecule has 0 bridgehead atoms. The fourth-order valence-corrected chi connectivity index (χ4v) is 2.22. The molecule has 0 aromatic heterocycles. The third kappa shape index (κ3) is 2.41. The molecule has 0 saturated heterocycles. The molecule has 1 N–H and O–H groups in total. The lowest BCUT2D eigenvalue weighted by molar-refractivity contribution is -0.207. The number of hydrogen-bond acceptors (Lipinski definition) is 1. The van der Waals surface area contributed by atoms with Gasteiger partial charge in [0.1, 0.15) is 5.54 Å². The highest BCUT2D eigenvalue weighted by molar-refractivity contribution is 4.97. The van der Waals surface area contributed by atoms with Crippen molar-refractivity contribution in [3.8, 4) is 0 Å². The van der Waals surface area contributed by atoms with Crippen LogP contribution >= 0.6 is 0 Å². The molecule has 84 valence electrons. The number of nitrogens with one attached hydrogen (secondary N) is 1. The smallest absolute Gasteiger partial charge is 0.301 e. The first-order chi connectivity index (χ1) is 6.37. The molecule has 0 atom stereocenters. The van der Waals surface area contributed by atoms with Crippen molar-refractivity contribution >= 4 is 0 Å². The van der Waals surface area contributed by atoms with E-state index in [2.05, 4.69) is 5.32 Å². The normalized spacial score (nSPS) is 22.7. The van der Waals surface area contributed by atoms with Gasteiger partial charge in [-0.3, -0.25) is 0 Å². The van der Waals surface area contributed by atoms with E-state index in [0.29, 0.717) is 12.8 Å². The monoisotopic (exact) mass is 209 g/mol. The predicted molar refractivity (Wildman–Crippen MR) is 50.1 cm³/mol. The minimum atomic E-state index is -4.11. The molecule has 0 spiro atoms. The highest BCUT2D eigenvalue weighted by atomic mass is 19.4. The van der Waals surface area contributed by atoms with Crippen LogP contribution in [0.15, 0.2) is 0 Å². The molecule has 0 aromatic rings. The standard InChI is InChI=1S/C10H18F3N/c1-8(2)14-9(10(11,12)13)6-4-3-5-7-9/h8,14H,3-7H2,1-2H3. The Bertz CT molecular complexity index is 180. The molecule has 0 aliphatic heterocycles. The fraction of sp³-hybridized carbons (Fsp3) is 1.00. The van der Waals surface area contributed by atoms with Crippen LogP contribution in [0.25, 0.3) is 0 Å². The molecule has 1 fully saturated rings. The van der Waals surface area contributed by atoms with Gasteiger partial charge in [-0.25, -0.2) is 0 Å². The molecule has 1 nitrogen and oxygen atoms in total. The van der Waals surface area contributed by atoms with Crippen LogP contribution in [-0.4, -0.2) is 17.8 Å². The number of alkyl halides is 3. The summed E-state index contributed by atoms with van der Waals surface area (Å²) in [4.78, 5) is 0. The molecule has 1 rings (SSSR count). The molecule has 0 radical (unpaired) electrons. The molecule has 4 heteroatoms. The summed E-state index contributed by atoms with van der Waals surface area (Å²) in [7, 11) is 0. The maximum absolute atomic E-state index is 12.9. The summed E-state index contributed by atoms with van der Waals surface area (Å²) in [6, 6.07) is -0.116. The maximum atomic E-state index is 12.9. The van der Waals surface area contributed by atoms with Gasteiger partial charge in [0.25, 0.3) is 0 Å². The third-order valence-corrected chi connectivity index (χ3v) is 2.81. The van der Waals surface area contributed by atoms with Crippen LogP contribution in [0.4, 0.5) is 13.2 Å². The largest absolute Gasteiger partial charge is 0.406 e. The van der Waals surface area contributed by atoms with Crippen LogP contribution in [0.1, 0.15) is 46.0 Å². The van der Waals surface area contributed by atoms with E-state index in [9.17, 15) is 13.2 Å². The van der Waals surface area contributed by atoms with Crippen LogP contribution < -0.4 is 5.32 Å². The van der Waals surface area contributed by atoms with E-state index in [1.807, 2.05) is 0 Å². The van der Waals surface area contributed by atoms with Gasteiger partial charge in [-0.1, -0.05) is 33.1 Å². The van der Waals surface area contributed by atoms with Crippen LogP contribution in [0.5, 0.6) is 0 Å². The summed E-state index contributed by atoms with van der Waals surface area (Å²) in [6.07, 6.45) is -1.36. The summed E-state index contributed by atoms with van der Waals surface area (Å²) < 4.78 is 38.7. The van der Waals surface area contributed by atoms with Crippen molar-refractivity contribution in [3.05, 3.63) is 0 Å². The molecule has 1 saturated carbocycles. The minimum absolute atomic E-state index is 0.116. The first-order valence-corrected chi connectivity index (χ1v) is 5.22. The van der Waals surface area contributed by atoms with Crippen LogP contribution in [0.3, 0.4) is 0 Å². The molecule has 0 amide bonds. The maximum Gasteiger partial charge on any atom is 0.406 e. The Morgan fingerprint density at radius 2 is 1.57 bits per heavy atom. The quantitative estimate of drug-likeness (QED) is 0.736. The zero-order valence-corrected chi connectivity index (χ0v) is 8.75. The van der Waals surface area contributed by atoms with Gasteiger partial charge in [0.05, 0.1) is 0 Å². The lowest BCUT2D eigenvalue weighted by atomic mass is 9.80. The third-order valence-electron chi connectivity index (χ3n) is 2.81. The van der Waals surface area contributed by atoms with E-state index < -0.39 is 11.7 Å². The van der Waals surface area contributed by atoms with E-state index in [1.54, 1.807) is 13.8 Å². The van der Waals surface area contributed by atoms with Crippen molar-refractivity contribution in [3.63, 3.8) is 0 Å². The Morgan fingerprint density at radius 3 is 1.93 bits per heavy atom. The topological polar surface area (TPSA) is 12.0 Å². The second-order valence-electron chi connectivity index (χ2n) is 4.44. The number of rotatable bonds is 2. The zero-order chi connectivity index (χ0) is 10.8. The highest BCUT2D eigenvalue weighted by Gasteiger charge is 2.54. The van der Waals surface area contributed by atoms with Gasteiger partial charge >= 0.3 is 6.18 Å². The SMILES string of the molecule is CC(C)NC1(C(F)(F)F)CCCCC1. The molecule has 0 aromatic carbocycles. The minimum Gasteiger partial charge on any atom is -0.301 e. The molecule has 0 unspecified atom stereocenters. The van der Waals surface area contributed by atoms with E-state index in [4.69, 9.17) is 0 Å². The fourth-order valence-electron chi connectivity index (χ4n) is 2.22. The van der Waals surface area contributed by atoms with Gasteiger partial charge in [-0.05, 0) is 12.8 Å². The van der Waals surface area contributed by atoms with Gasteiger partial charge in [-0.2, -0.15) is 13.2 Å². The second-order valence-corrected chi connectivity index (χ2v) is 4.44. The summed E-state index contributed by atoms with van der Waals surface area (Å²) in [5, 5.41) is 2.71. The number of halogens is 3. The van der Waals surface area contributed by atoms with Crippen molar-refractivity contribution < 1.29 is 13.2 Å². The van der Waals surface area contributed by atoms with E-state index in [0.717, 1.165) is 6.42 Å². The molecule has 1 aliphatic rings. The summed E-state index contributed by atoms with van der Waals surface area (Å²) in [6.45, 7) is 3.53. The molecular weight excluding hydrogens is 191 g/mol. The van der Waals surface area contributed by atoms with Gasteiger partial charge in [0.2, 0.25) is 0 Å². The summed E-state index contributed by atoms with van der Waals surface area (Å²) >= 11 is 0. The average Bonchev–Trinajstić information content (AvgIpc) is 2.02. The Kier molecular flexibility index (Phi) is 3.45. The van der Waals surface area contributed by atoms with E-state index in [1.165, 1.54) is 0 Å². The zero-order valence-electron chi connectivity index (χ0n) is 8.75. The summed E-state index contributed by atoms with van der Waals surface area (Å²) in [5.41, 5.74) is -1.61. The van der Waals surface area contributed by atoms with Crippen molar-refractivity contribution in [2.24, 2.45) is 0 Å². The Hall–Kier alpha value is -0.250. The first-order valence-electron chi connectivity index (χ1n) is 5.22. The molecule has 0 heterocycles. The van der Waals surface area contributed by atoms with Crippen molar-refractivity contribution in [1.29, 1.82) is 0 Å². The van der Waals surface area contributed by atoms with Gasteiger partial charge in [0.15, 0.2) is 0 Å². The van der Waals surface area contributed by atoms with Crippen LogP contribution in [-0.2, 0) is 0 Å². The Morgan fingerprint density at radius 1 is 1.07 bits per heavy atom. The van der Waals surface area contributed by atoms with Crippen LogP contribution in [0, 0.1) is 0 Å². The van der Waals surface area contributed by atoms with Crippen molar-refractivity contribution in [2.75, 3.05) is 0 Å². The molecule has 14 heavy (non-hydrogen) atoms. The van der Waals surface area contributed by atoms with Gasteiger partial charge in [0, 0.05) is 6.04 Å². The summed E-state index contributed by atoms with van der Waals surface area (Å²) in [5.74, 6) is 0.